The van der Waals surface area contributed by atoms with E-state index in [2.05, 4.69) is 11.9 Å². The Bertz CT molecular complexity index is 604. The van der Waals surface area contributed by atoms with Gasteiger partial charge in [0.25, 0.3) is 5.56 Å². The van der Waals surface area contributed by atoms with E-state index in [0.29, 0.717) is 17.4 Å². The summed E-state index contributed by atoms with van der Waals surface area (Å²) in [5, 5.41) is 0.912. The molecule has 0 amide bonds. The van der Waals surface area contributed by atoms with Crippen LogP contribution >= 0.6 is 11.6 Å². The fourth-order valence-electron chi connectivity index (χ4n) is 1.96. The van der Waals surface area contributed by atoms with Crippen molar-refractivity contribution in [1.82, 2.24) is 9.55 Å². The molecule has 1 aromatic carbocycles. The smallest absolute Gasteiger partial charge is 0.262 e. The zero-order valence-corrected chi connectivity index (χ0v) is 10.8. The van der Waals surface area contributed by atoms with E-state index in [1.165, 1.54) is 10.1 Å². The van der Waals surface area contributed by atoms with E-state index >= 15 is 0 Å². The molecule has 3 nitrogen and oxygen atoms in total. The predicted molar refractivity (Wildman–Crippen MR) is 70.7 cm³/mol. The second-order valence-electron chi connectivity index (χ2n) is 4.03. The molecule has 2 rings (SSSR count). The maximum atomic E-state index is 12.2. The second-order valence-corrected chi connectivity index (χ2v) is 4.37. The summed E-state index contributed by atoms with van der Waals surface area (Å²) in [6.07, 6.45) is 2.04. The lowest BCUT2D eigenvalue weighted by molar-refractivity contribution is 0.718. The first-order valence-corrected chi connectivity index (χ1v) is 6.24. The first kappa shape index (κ1) is 12.1. The number of hydrogen-bond donors (Lipinski definition) is 0. The number of aromatic nitrogens is 2. The highest BCUT2D eigenvalue weighted by atomic mass is 35.5. The van der Waals surface area contributed by atoms with Gasteiger partial charge in [-0.1, -0.05) is 19.4 Å². The number of aryl methyl sites for hydroxylation is 1. The van der Waals surface area contributed by atoms with E-state index in [4.69, 9.17) is 11.6 Å². The van der Waals surface area contributed by atoms with E-state index < -0.39 is 0 Å². The van der Waals surface area contributed by atoms with E-state index in [0.717, 1.165) is 12.8 Å². The summed E-state index contributed by atoms with van der Waals surface area (Å²) in [6.45, 7) is 4.55. The lowest BCUT2D eigenvalue weighted by atomic mass is 10.1. The Balaban J connectivity index is 2.71. The molecule has 90 valence electrons. The van der Waals surface area contributed by atoms with Crippen molar-refractivity contribution in [3.63, 3.8) is 0 Å². The highest BCUT2D eigenvalue weighted by Crippen LogP contribution is 2.14. The molecule has 1 heterocycles. The van der Waals surface area contributed by atoms with E-state index in [1.807, 2.05) is 25.1 Å². The van der Waals surface area contributed by atoms with Crippen LogP contribution < -0.4 is 5.56 Å². The zero-order valence-electron chi connectivity index (χ0n) is 10.0. The van der Waals surface area contributed by atoms with E-state index in [9.17, 15) is 4.79 Å². The maximum Gasteiger partial charge on any atom is 0.262 e. The predicted octanol–water partition coefficient (Wildman–Crippen LogP) is 3.02. The Labute approximate surface area is 105 Å². The first-order valence-electron chi connectivity index (χ1n) is 5.86. The third-order valence-electron chi connectivity index (χ3n) is 2.83. The minimum absolute atomic E-state index is 0.0551. The molecule has 2 aromatic rings. The number of hydrogen-bond acceptors (Lipinski definition) is 2. The van der Waals surface area contributed by atoms with Gasteiger partial charge in [0.05, 0.1) is 10.9 Å². The minimum atomic E-state index is -0.0551. The lowest BCUT2D eigenvalue weighted by Gasteiger charge is -2.07. The molecule has 1 aromatic heterocycles. The van der Waals surface area contributed by atoms with Gasteiger partial charge in [-0.3, -0.25) is 9.36 Å². The Morgan fingerprint density at radius 2 is 2.12 bits per heavy atom. The van der Waals surface area contributed by atoms with Gasteiger partial charge in [-0.15, -0.1) is 0 Å². The molecule has 0 fully saturated rings. The third-order valence-corrected chi connectivity index (χ3v) is 3.12. The van der Waals surface area contributed by atoms with Gasteiger partial charge >= 0.3 is 0 Å². The van der Waals surface area contributed by atoms with Crippen LogP contribution in [0.5, 0.6) is 0 Å². The van der Waals surface area contributed by atoms with Gasteiger partial charge in [0.2, 0.25) is 5.28 Å². The molecule has 0 saturated heterocycles. The largest absolute Gasteiger partial charge is 0.283 e. The molecule has 0 aliphatic rings. The number of halogens is 1. The molecule has 0 N–H and O–H groups in total. The van der Waals surface area contributed by atoms with Gasteiger partial charge in [0, 0.05) is 6.54 Å². The summed E-state index contributed by atoms with van der Waals surface area (Å²) >= 11 is 5.96. The van der Waals surface area contributed by atoms with Crippen molar-refractivity contribution in [3.05, 3.63) is 39.4 Å². The maximum absolute atomic E-state index is 12.2. The molecule has 0 aliphatic carbocycles. The Morgan fingerprint density at radius 1 is 1.35 bits per heavy atom. The van der Waals surface area contributed by atoms with Crippen LogP contribution in [0.1, 0.15) is 25.8 Å². The molecule has 0 aliphatic heterocycles. The van der Waals surface area contributed by atoms with Gasteiger partial charge in [-0.25, -0.2) is 4.98 Å². The van der Waals surface area contributed by atoms with Crippen molar-refractivity contribution < 1.29 is 0 Å². The summed E-state index contributed by atoms with van der Waals surface area (Å²) in [5.41, 5.74) is 1.79. The van der Waals surface area contributed by atoms with Gasteiger partial charge in [-0.2, -0.15) is 0 Å². The topological polar surface area (TPSA) is 34.9 Å². The molecule has 0 radical (unpaired) electrons. The summed E-state index contributed by atoms with van der Waals surface area (Å²) in [4.78, 5) is 16.4. The van der Waals surface area contributed by atoms with Crippen molar-refractivity contribution in [2.75, 3.05) is 0 Å². The van der Waals surface area contributed by atoms with Crippen molar-refractivity contribution in [1.29, 1.82) is 0 Å². The fourth-order valence-corrected chi connectivity index (χ4v) is 2.25. The van der Waals surface area contributed by atoms with Gasteiger partial charge in [-0.05, 0) is 42.6 Å². The van der Waals surface area contributed by atoms with Gasteiger partial charge in [0.15, 0.2) is 0 Å². The van der Waals surface area contributed by atoms with Crippen molar-refractivity contribution in [2.45, 2.75) is 33.2 Å². The van der Waals surface area contributed by atoms with Crippen molar-refractivity contribution in [2.24, 2.45) is 0 Å². The molecule has 4 heteroatoms. The summed E-state index contributed by atoms with van der Waals surface area (Å²) < 4.78 is 1.49. The highest BCUT2D eigenvalue weighted by Gasteiger charge is 2.08. The van der Waals surface area contributed by atoms with Crippen LogP contribution in [-0.2, 0) is 13.0 Å². The van der Waals surface area contributed by atoms with Crippen LogP contribution in [0.4, 0.5) is 0 Å². The minimum Gasteiger partial charge on any atom is -0.283 e. The molecular weight excluding hydrogens is 236 g/mol. The van der Waals surface area contributed by atoms with Crippen molar-refractivity contribution in [3.8, 4) is 0 Å². The molecule has 0 unspecified atom stereocenters. The van der Waals surface area contributed by atoms with Crippen LogP contribution in [0.25, 0.3) is 10.9 Å². The zero-order chi connectivity index (χ0) is 12.4. The number of benzene rings is 1. The SMILES string of the molecule is CCCc1ccc2nc(Cl)n(CC)c(=O)c2c1. The molecule has 0 spiro atoms. The first-order chi connectivity index (χ1) is 8.17. The van der Waals surface area contributed by atoms with Gasteiger partial charge in [0.1, 0.15) is 0 Å². The average Bonchev–Trinajstić information content (AvgIpc) is 2.31. The van der Waals surface area contributed by atoms with Crippen LogP contribution in [0.2, 0.25) is 5.28 Å². The molecule has 17 heavy (non-hydrogen) atoms. The van der Waals surface area contributed by atoms with Crippen molar-refractivity contribution >= 4 is 22.5 Å². The number of nitrogens with zero attached hydrogens (tertiary/aromatic N) is 2. The average molecular weight is 251 g/mol. The highest BCUT2D eigenvalue weighted by molar-refractivity contribution is 6.28. The van der Waals surface area contributed by atoms with E-state index in [1.54, 1.807) is 0 Å². The standard InChI is InChI=1S/C13H15ClN2O/c1-3-5-9-6-7-11-10(8-9)12(17)16(4-2)13(14)15-11/h6-8H,3-5H2,1-2H3. The summed E-state index contributed by atoms with van der Waals surface area (Å²) in [7, 11) is 0. The normalized spacial score (nSPS) is 11.0. The fraction of sp³-hybridized carbons (Fsp3) is 0.385. The lowest BCUT2D eigenvalue weighted by Crippen LogP contribution is -2.21. The monoisotopic (exact) mass is 250 g/mol. The Morgan fingerprint density at radius 3 is 2.76 bits per heavy atom. The number of fused-ring (bicyclic) bond motifs is 1. The molecular formula is C13H15ClN2O. The Hall–Kier alpha value is -1.35. The number of rotatable bonds is 3. The third kappa shape index (κ3) is 2.20. The van der Waals surface area contributed by atoms with Crippen LogP contribution in [0.15, 0.2) is 23.0 Å². The second kappa shape index (κ2) is 4.88. The Kier molecular flexibility index (Phi) is 3.48. The molecule has 0 bridgehead atoms. The van der Waals surface area contributed by atoms with Crippen LogP contribution in [0, 0.1) is 0 Å². The summed E-state index contributed by atoms with van der Waals surface area (Å²) in [6, 6.07) is 5.80. The van der Waals surface area contributed by atoms with Gasteiger partial charge < -0.3 is 0 Å². The van der Waals surface area contributed by atoms with Crippen LogP contribution in [-0.4, -0.2) is 9.55 Å². The molecule has 0 saturated carbocycles. The summed E-state index contributed by atoms with van der Waals surface area (Å²) in [5.74, 6) is 0. The van der Waals surface area contributed by atoms with E-state index in [-0.39, 0.29) is 10.8 Å². The molecule has 0 atom stereocenters. The van der Waals surface area contributed by atoms with Crippen LogP contribution in [0.3, 0.4) is 0 Å². The quantitative estimate of drug-likeness (QED) is 0.785.